The number of hydrogen-bond donors (Lipinski definition) is 1. The first-order valence-electron chi connectivity index (χ1n) is 6.56. The van der Waals surface area contributed by atoms with Crippen LogP contribution in [0.15, 0.2) is 47.4 Å². The number of aryl methyl sites for hydroxylation is 1. The molecule has 0 amide bonds. The minimum absolute atomic E-state index is 0.186. The molecule has 0 bridgehead atoms. The van der Waals surface area contributed by atoms with Gasteiger partial charge in [-0.1, -0.05) is 18.2 Å². The number of benzene rings is 2. The number of halogens is 1. The standard InChI is InChI=1S/C16H18FNO2S/c1-11-4-7-13(17)10-15(11)16(18-2)12-5-8-14(9-6-12)21(3,19)20/h4-10,16,18H,1-3H3. The average molecular weight is 307 g/mol. The zero-order chi connectivity index (χ0) is 15.6. The fraction of sp³-hybridized carbons (Fsp3) is 0.250. The van der Waals surface area contributed by atoms with Crippen molar-refractivity contribution in [2.75, 3.05) is 13.3 Å². The molecule has 112 valence electrons. The first kappa shape index (κ1) is 15.7. The maximum Gasteiger partial charge on any atom is 0.175 e. The molecule has 3 nitrogen and oxygen atoms in total. The maximum absolute atomic E-state index is 13.5. The van der Waals surface area contributed by atoms with Gasteiger partial charge in [0.25, 0.3) is 0 Å². The third-order valence-electron chi connectivity index (χ3n) is 3.48. The first-order valence-corrected chi connectivity index (χ1v) is 8.45. The number of nitrogens with one attached hydrogen (secondary N) is 1. The SMILES string of the molecule is CNC(c1ccc(S(C)(=O)=O)cc1)c1cc(F)ccc1C. The van der Waals surface area contributed by atoms with Crippen LogP contribution < -0.4 is 5.32 Å². The molecule has 0 heterocycles. The Morgan fingerprint density at radius 1 is 1.10 bits per heavy atom. The molecular weight excluding hydrogens is 289 g/mol. The van der Waals surface area contributed by atoms with E-state index < -0.39 is 9.84 Å². The van der Waals surface area contributed by atoms with Crippen LogP contribution in [0.3, 0.4) is 0 Å². The van der Waals surface area contributed by atoms with E-state index >= 15 is 0 Å². The molecule has 0 saturated carbocycles. The summed E-state index contributed by atoms with van der Waals surface area (Å²) in [6, 6.07) is 11.1. The summed E-state index contributed by atoms with van der Waals surface area (Å²) in [5.74, 6) is -0.288. The molecule has 2 aromatic carbocycles. The van der Waals surface area contributed by atoms with Gasteiger partial charge in [-0.3, -0.25) is 0 Å². The predicted molar refractivity (Wildman–Crippen MR) is 81.6 cm³/mol. The normalized spacial score (nSPS) is 13.1. The fourth-order valence-corrected chi connectivity index (χ4v) is 2.96. The second kappa shape index (κ2) is 5.95. The Kier molecular flexibility index (Phi) is 4.44. The lowest BCUT2D eigenvalue weighted by Gasteiger charge is -2.19. The first-order chi connectivity index (χ1) is 9.82. The van der Waals surface area contributed by atoms with Gasteiger partial charge in [-0.15, -0.1) is 0 Å². The Balaban J connectivity index is 2.44. The van der Waals surface area contributed by atoms with Gasteiger partial charge < -0.3 is 5.32 Å². The molecule has 0 fully saturated rings. The molecule has 1 N–H and O–H groups in total. The monoisotopic (exact) mass is 307 g/mol. The van der Waals surface area contributed by atoms with Gasteiger partial charge in [0.1, 0.15) is 5.82 Å². The van der Waals surface area contributed by atoms with Crippen molar-refractivity contribution in [3.63, 3.8) is 0 Å². The summed E-state index contributed by atoms with van der Waals surface area (Å²) >= 11 is 0. The molecule has 2 rings (SSSR count). The molecule has 2 aromatic rings. The van der Waals surface area contributed by atoms with Crippen molar-refractivity contribution >= 4 is 9.84 Å². The summed E-state index contributed by atoms with van der Waals surface area (Å²) in [7, 11) is -1.42. The van der Waals surface area contributed by atoms with Crippen molar-refractivity contribution in [1.29, 1.82) is 0 Å². The van der Waals surface area contributed by atoms with Crippen molar-refractivity contribution in [3.05, 3.63) is 65.0 Å². The van der Waals surface area contributed by atoms with Crippen LogP contribution in [0.4, 0.5) is 4.39 Å². The zero-order valence-electron chi connectivity index (χ0n) is 12.2. The molecule has 0 aliphatic carbocycles. The highest BCUT2D eigenvalue weighted by atomic mass is 32.2. The third-order valence-corrected chi connectivity index (χ3v) is 4.61. The zero-order valence-corrected chi connectivity index (χ0v) is 13.0. The highest BCUT2D eigenvalue weighted by Gasteiger charge is 2.16. The highest BCUT2D eigenvalue weighted by molar-refractivity contribution is 7.90. The minimum atomic E-state index is -3.21. The van der Waals surface area contributed by atoms with Crippen LogP contribution >= 0.6 is 0 Å². The van der Waals surface area contributed by atoms with Crippen molar-refractivity contribution in [2.24, 2.45) is 0 Å². The summed E-state index contributed by atoms with van der Waals surface area (Å²) in [6.45, 7) is 1.92. The summed E-state index contributed by atoms with van der Waals surface area (Å²) in [5, 5.41) is 3.14. The highest BCUT2D eigenvalue weighted by Crippen LogP contribution is 2.26. The van der Waals surface area contributed by atoms with Crippen LogP contribution in [0.2, 0.25) is 0 Å². The topological polar surface area (TPSA) is 46.2 Å². The van der Waals surface area contributed by atoms with Crippen LogP contribution in [0.1, 0.15) is 22.7 Å². The predicted octanol–water partition coefficient (Wildman–Crippen LogP) is 2.85. The summed E-state index contributed by atoms with van der Waals surface area (Å²) < 4.78 is 36.4. The number of sulfone groups is 1. The van der Waals surface area contributed by atoms with Gasteiger partial charge in [-0.05, 0) is 54.9 Å². The summed E-state index contributed by atoms with van der Waals surface area (Å²) in [4.78, 5) is 0.275. The van der Waals surface area contributed by atoms with Gasteiger partial charge in [0.05, 0.1) is 10.9 Å². The average Bonchev–Trinajstić information content (AvgIpc) is 2.43. The van der Waals surface area contributed by atoms with Crippen LogP contribution in [0.5, 0.6) is 0 Å². The Morgan fingerprint density at radius 3 is 2.24 bits per heavy atom. The van der Waals surface area contributed by atoms with Crippen molar-refractivity contribution in [1.82, 2.24) is 5.32 Å². The Bertz CT molecular complexity index is 739. The van der Waals surface area contributed by atoms with Crippen molar-refractivity contribution < 1.29 is 12.8 Å². The van der Waals surface area contributed by atoms with Crippen LogP contribution in [-0.2, 0) is 9.84 Å². The second-order valence-corrected chi connectivity index (χ2v) is 7.08. The quantitative estimate of drug-likeness (QED) is 0.945. The van der Waals surface area contributed by atoms with Crippen LogP contribution in [0.25, 0.3) is 0 Å². The summed E-state index contributed by atoms with van der Waals surface area (Å²) in [5.41, 5.74) is 2.70. The number of hydrogen-bond acceptors (Lipinski definition) is 3. The minimum Gasteiger partial charge on any atom is -0.309 e. The lowest BCUT2D eigenvalue weighted by atomic mass is 9.95. The molecule has 1 atom stereocenters. The van der Waals surface area contributed by atoms with Gasteiger partial charge in [-0.25, -0.2) is 12.8 Å². The molecule has 0 spiro atoms. The van der Waals surface area contributed by atoms with Gasteiger partial charge in [0.15, 0.2) is 9.84 Å². The molecule has 0 saturated heterocycles. The van der Waals surface area contributed by atoms with E-state index in [9.17, 15) is 12.8 Å². The van der Waals surface area contributed by atoms with E-state index in [1.807, 2.05) is 6.92 Å². The Labute approximate surface area is 124 Å². The smallest absolute Gasteiger partial charge is 0.175 e. The van der Waals surface area contributed by atoms with E-state index in [1.165, 1.54) is 18.4 Å². The molecular formula is C16H18FNO2S. The largest absolute Gasteiger partial charge is 0.309 e. The number of rotatable bonds is 4. The van der Waals surface area contributed by atoms with Gasteiger partial charge in [-0.2, -0.15) is 0 Å². The van der Waals surface area contributed by atoms with Crippen LogP contribution in [0, 0.1) is 12.7 Å². The molecule has 0 aliphatic rings. The van der Waals surface area contributed by atoms with Gasteiger partial charge in [0.2, 0.25) is 0 Å². The van der Waals surface area contributed by atoms with E-state index in [2.05, 4.69) is 5.32 Å². The van der Waals surface area contributed by atoms with Gasteiger partial charge in [0, 0.05) is 6.26 Å². The molecule has 21 heavy (non-hydrogen) atoms. The Hall–Kier alpha value is -1.72. The van der Waals surface area contributed by atoms with Crippen molar-refractivity contribution in [2.45, 2.75) is 17.9 Å². The van der Waals surface area contributed by atoms with E-state index in [4.69, 9.17) is 0 Å². The van der Waals surface area contributed by atoms with Crippen molar-refractivity contribution in [3.8, 4) is 0 Å². The van der Waals surface area contributed by atoms with Gasteiger partial charge >= 0.3 is 0 Å². The lowest BCUT2D eigenvalue weighted by Crippen LogP contribution is -2.19. The Morgan fingerprint density at radius 2 is 1.71 bits per heavy atom. The van der Waals surface area contributed by atoms with E-state index in [0.717, 1.165) is 16.7 Å². The molecule has 5 heteroatoms. The van der Waals surface area contributed by atoms with E-state index in [1.54, 1.807) is 37.4 Å². The summed E-state index contributed by atoms with van der Waals surface area (Å²) in [6.07, 6.45) is 1.17. The maximum atomic E-state index is 13.5. The molecule has 0 radical (unpaired) electrons. The fourth-order valence-electron chi connectivity index (χ4n) is 2.33. The second-order valence-electron chi connectivity index (χ2n) is 5.06. The van der Waals surface area contributed by atoms with E-state index in [-0.39, 0.29) is 16.8 Å². The van der Waals surface area contributed by atoms with E-state index in [0.29, 0.717) is 0 Å². The molecule has 1 unspecified atom stereocenters. The molecule has 0 aromatic heterocycles. The third kappa shape index (κ3) is 3.49. The van der Waals surface area contributed by atoms with Crippen LogP contribution in [-0.4, -0.2) is 21.7 Å². The lowest BCUT2D eigenvalue weighted by molar-refractivity contribution is 0.601. The molecule has 0 aliphatic heterocycles.